The number of aryl methyl sites for hydroxylation is 1. The summed E-state index contributed by atoms with van der Waals surface area (Å²) in [6.07, 6.45) is 4.52. The molecule has 0 amide bonds. The van der Waals surface area contributed by atoms with Crippen LogP contribution in [0.3, 0.4) is 0 Å². The van der Waals surface area contributed by atoms with Crippen LogP contribution in [0.25, 0.3) is 0 Å². The third-order valence-corrected chi connectivity index (χ3v) is 3.32. The number of nitrogens with zero attached hydrogens (tertiary/aromatic N) is 1. The maximum atomic E-state index is 5.86. The van der Waals surface area contributed by atoms with E-state index in [-0.39, 0.29) is 0 Å². The van der Waals surface area contributed by atoms with E-state index < -0.39 is 0 Å². The molecule has 2 nitrogen and oxygen atoms in total. The van der Waals surface area contributed by atoms with Gasteiger partial charge in [0.05, 0.1) is 6.61 Å². The van der Waals surface area contributed by atoms with E-state index >= 15 is 0 Å². The van der Waals surface area contributed by atoms with Crippen LogP contribution in [-0.4, -0.2) is 32.1 Å². The van der Waals surface area contributed by atoms with Crippen molar-refractivity contribution in [1.29, 1.82) is 0 Å². The van der Waals surface area contributed by atoms with Crippen molar-refractivity contribution < 1.29 is 4.74 Å². The highest BCUT2D eigenvalue weighted by atomic mass is 79.9. The number of benzene rings is 1. The van der Waals surface area contributed by atoms with Gasteiger partial charge in [0.25, 0.3) is 0 Å². The molecule has 0 saturated carbocycles. The average molecular weight is 314 g/mol. The summed E-state index contributed by atoms with van der Waals surface area (Å²) in [4.78, 5) is 2.22. The molecule has 0 atom stereocenters. The molecule has 0 aliphatic carbocycles. The second kappa shape index (κ2) is 8.54. The Morgan fingerprint density at radius 2 is 2.00 bits per heavy atom. The third kappa shape index (κ3) is 5.87. The minimum absolute atomic E-state index is 0.818. The Bertz CT molecular complexity index is 352. The molecule has 0 aromatic heterocycles. The normalized spacial score (nSPS) is 10.9. The molecule has 0 bridgehead atoms. The van der Waals surface area contributed by atoms with Crippen molar-refractivity contribution in [1.82, 2.24) is 4.90 Å². The van der Waals surface area contributed by atoms with Crippen molar-refractivity contribution in [3.8, 4) is 5.75 Å². The van der Waals surface area contributed by atoms with Crippen LogP contribution in [0.2, 0.25) is 0 Å². The molecule has 0 unspecified atom stereocenters. The van der Waals surface area contributed by atoms with E-state index in [4.69, 9.17) is 4.74 Å². The second-order valence-electron chi connectivity index (χ2n) is 4.86. The topological polar surface area (TPSA) is 12.5 Å². The van der Waals surface area contributed by atoms with Crippen LogP contribution in [0.5, 0.6) is 5.75 Å². The van der Waals surface area contributed by atoms with Crippen molar-refractivity contribution in [2.24, 2.45) is 0 Å². The van der Waals surface area contributed by atoms with Crippen molar-refractivity contribution >= 4 is 15.9 Å². The SMILES string of the molecule is CCCCOc1ccc(Br)cc1CCCN(C)C. The van der Waals surface area contributed by atoms with Crippen LogP contribution in [0, 0.1) is 0 Å². The lowest BCUT2D eigenvalue weighted by Crippen LogP contribution is -2.13. The van der Waals surface area contributed by atoms with E-state index in [1.165, 1.54) is 12.0 Å². The van der Waals surface area contributed by atoms with Crippen LogP contribution in [-0.2, 0) is 6.42 Å². The molecule has 0 spiro atoms. The van der Waals surface area contributed by atoms with E-state index in [2.05, 4.69) is 60.0 Å². The summed E-state index contributed by atoms with van der Waals surface area (Å²) in [6, 6.07) is 6.30. The van der Waals surface area contributed by atoms with Crippen LogP contribution in [0.15, 0.2) is 22.7 Å². The fourth-order valence-corrected chi connectivity index (χ4v) is 2.20. The Morgan fingerprint density at radius 3 is 2.67 bits per heavy atom. The Kier molecular flexibility index (Phi) is 7.36. The molecule has 102 valence electrons. The number of halogens is 1. The fraction of sp³-hybridized carbons (Fsp3) is 0.600. The van der Waals surface area contributed by atoms with Crippen molar-refractivity contribution in [3.05, 3.63) is 28.2 Å². The summed E-state index contributed by atoms with van der Waals surface area (Å²) < 4.78 is 6.99. The van der Waals surface area contributed by atoms with Gasteiger partial charge in [0, 0.05) is 4.47 Å². The minimum atomic E-state index is 0.818. The minimum Gasteiger partial charge on any atom is -0.493 e. The maximum Gasteiger partial charge on any atom is 0.122 e. The lowest BCUT2D eigenvalue weighted by molar-refractivity contribution is 0.305. The Labute approximate surface area is 119 Å². The predicted octanol–water partition coefficient (Wildman–Crippen LogP) is 4.12. The molecule has 0 saturated heterocycles. The fourth-order valence-electron chi connectivity index (χ4n) is 1.80. The molecule has 0 radical (unpaired) electrons. The van der Waals surface area contributed by atoms with E-state index in [0.717, 1.165) is 42.6 Å². The van der Waals surface area contributed by atoms with E-state index in [9.17, 15) is 0 Å². The molecule has 3 heteroatoms. The van der Waals surface area contributed by atoms with Crippen molar-refractivity contribution in [2.45, 2.75) is 32.6 Å². The summed E-state index contributed by atoms with van der Waals surface area (Å²) in [5.41, 5.74) is 1.31. The largest absolute Gasteiger partial charge is 0.493 e. The lowest BCUT2D eigenvalue weighted by atomic mass is 10.1. The van der Waals surface area contributed by atoms with Crippen LogP contribution < -0.4 is 4.74 Å². The van der Waals surface area contributed by atoms with Gasteiger partial charge in [0.15, 0.2) is 0 Å². The Hall–Kier alpha value is -0.540. The zero-order valence-electron chi connectivity index (χ0n) is 11.7. The molecule has 0 fully saturated rings. The van der Waals surface area contributed by atoms with Crippen LogP contribution >= 0.6 is 15.9 Å². The second-order valence-corrected chi connectivity index (χ2v) is 5.78. The highest BCUT2D eigenvalue weighted by Crippen LogP contribution is 2.24. The van der Waals surface area contributed by atoms with Crippen LogP contribution in [0.1, 0.15) is 31.7 Å². The van der Waals surface area contributed by atoms with Gasteiger partial charge in [0.2, 0.25) is 0 Å². The first-order chi connectivity index (χ1) is 8.63. The standard InChI is InChI=1S/C15H24BrNO/c1-4-5-11-18-15-9-8-14(16)12-13(15)7-6-10-17(2)3/h8-9,12H,4-7,10-11H2,1-3H3. The summed E-state index contributed by atoms with van der Waals surface area (Å²) >= 11 is 3.53. The first kappa shape index (κ1) is 15.5. The maximum absolute atomic E-state index is 5.86. The van der Waals surface area contributed by atoms with Gasteiger partial charge in [-0.1, -0.05) is 29.3 Å². The molecule has 1 aromatic carbocycles. The van der Waals surface area contributed by atoms with Gasteiger partial charge in [-0.25, -0.2) is 0 Å². The number of hydrogen-bond donors (Lipinski definition) is 0. The molecule has 0 N–H and O–H groups in total. The monoisotopic (exact) mass is 313 g/mol. The molecular weight excluding hydrogens is 290 g/mol. The van der Waals surface area contributed by atoms with Gasteiger partial charge >= 0.3 is 0 Å². The number of hydrogen-bond acceptors (Lipinski definition) is 2. The Morgan fingerprint density at radius 1 is 1.22 bits per heavy atom. The van der Waals surface area contributed by atoms with Gasteiger partial charge in [-0.05, 0) is 63.7 Å². The molecule has 0 aliphatic heterocycles. The molecule has 0 aliphatic rings. The molecule has 0 heterocycles. The molecule has 1 rings (SSSR count). The van der Waals surface area contributed by atoms with Crippen molar-refractivity contribution in [2.75, 3.05) is 27.2 Å². The number of unbranched alkanes of at least 4 members (excludes halogenated alkanes) is 1. The molecule has 18 heavy (non-hydrogen) atoms. The van der Waals surface area contributed by atoms with Crippen LogP contribution in [0.4, 0.5) is 0 Å². The van der Waals surface area contributed by atoms with Gasteiger partial charge in [0.1, 0.15) is 5.75 Å². The number of ether oxygens (including phenoxy) is 1. The highest BCUT2D eigenvalue weighted by molar-refractivity contribution is 9.10. The van der Waals surface area contributed by atoms with Crippen molar-refractivity contribution in [3.63, 3.8) is 0 Å². The Balaban J connectivity index is 2.58. The van der Waals surface area contributed by atoms with Gasteiger partial charge in [-0.3, -0.25) is 0 Å². The van der Waals surface area contributed by atoms with E-state index in [1.807, 2.05) is 0 Å². The van der Waals surface area contributed by atoms with Gasteiger partial charge in [-0.2, -0.15) is 0 Å². The molecular formula is C15H24BrNO. The quantitative estimate of drug-likeness (QED) is 0.669. The number of rotatable bonds is 8. The smallest absolute Gasteiger partial charge is 0.122 e. The summed E-state index contributed by atoms with van der Waals surface area (Å²) in [5.74, 6) is 1.05. The first-order valence-electron chi connectivity index (χ1n) is 6.69. The highest BCUT2D eigenvalue weighted by Gasteiger charge is 2.05. The summed E-state index contributed by atoms with van der Waals surface area (Å²) in [6.45, 7) is 4.11. The lowest BCUT2D eigenvalue weighted by Gasteiger charge is -2.13. The van der Waals surface area contributed by atoms with Gasteiger partial charge < -0.3 is 9.64 Å². The third-order valence-electron chi connectivity index (χ3n) is 2.83. The zero-order chi connectivity index (χ0) is 13.4. The summed E-state index contributed by atoms with van der Waals surface area (Å²) in [7, 11) is 4.22. The van der Waals surface area contributed by atoms with E-state index in [1.54, 1.807) is 0 Å². The predicted molar refractivity (Wildman–Crippen MR) is 81.4 cm³/mol. The first-order valence-corrected chi connectivity index (χ1v) is 7.48. The molecule has 1 aromatic rings. The average Bonchev–Trinajstić information content (AvgIpc) is 2.31. The summed E-state index contributed by atoms with van der Waals surface area (Å²) in [5, 5.41) is 0. The van der Waals surface area contributed by atoms with E-state index in [0.29, 0.717) is 0 Å². The van der Waals surface area contributed by atoms with Gasteiger partial charge in [-0.15, -0.1) is 0 Å². The zero-order valence-corrected chi connectivity index (χ0v) is 13.3.